The van der Waals surface area contributed by atoms with Gasteiger partial charge in [-0.3, -0.25) is 10.1 Å². The van der Waals surface area contributed by atoms with Crippen molar-refractivity contribution in [3.8, 4) is 0 Å². The Kier molecular flexibility index (Phi) is 2.88. The lowest BCUT2D eigenvalue weighted by Crippen LogP contribution is -2.15. The normalized spacial score (nSPS) is 15.3. The van der Waals surface area contributed by atoms with E-state index in [1.807, 2.05) is 0 Å². The van der Waals surface area contributed by atoms with Crippen LogP contribution in [0.25, 0.3) is 0 Å². The summed E-state index contributed by atoms with van der Waals surface area (Å²) in [6, 6.07) is 5.09. The van der Waals surface area contributed by atoms with Gasteiger partial charge in [0.25, 0.3) is 5.69 Å². The molecule has 0 unspecified atom stereocenters. The van der Waals surface area contributed by atoms with Crippen LogP contribution in [-0.4, -0.2) is 11.0 Å². The third-order valence-corrected chi connectivity index (χ3v) is 2.77. The Hall–Kier alpha value is -1.13. The van der Waals surface area contributed by atoms with Crippen molar-refractivity contribution < 1.29 is 4.92 Å². The molecule has 0 saturated heterocycles. The van der Waals surface area contributed by atoms with E-state index in [0.29, 0.717) is 17.6 Å². The predicted octanol–water partition coefficient (Wildman–Crippen LogP) is 2.50. The van der Waals surface area contributed by atoms with Gasteiger partial charge in [0.1, 0.15) is 0 Å². The number of non-ortho nitro benzene ring substituents is 1. The summed E-state index contributed by atoms with van der Waals surface area (Å²) in [4.78, 5) is 10.2. The highest BCUT2D eigenvalue weighted by molar-refractivity contribution is 6.31. The van der Waals surface area contributed by atoms with Gasteiger partial charge in [-0.05, 0) is 24.5 Å². The molecule has 0 radical (unpaired) electrons. The second kappa shape index (κ2) is 4.16. The maximum atomic E-state index is 10.6. The van der Waals surface area contributed by atoms with Crippen LogP contribution >= 0.6 is 11.6 Å². The van der Waals surface area contributed by atoms with Crippen LogP contribution in [0.4, 0.5) is 5.69 Å². The summed E-state index contributed by atoms with van der Waals surface area (Å²) in [7, 11) is 0. The van der Waals surface area contributed by atoms with Crippen molar-refractivity contribution in [3.63, 3.8) is 0 Å². The molecule has 1 aliphatic rings. The Morgan fingerprint density at radius 3 is 2.87 bits per heavy atom. The average Bonchev–Trinajstić information content (AvgIpc) is 3.00. The Bertz CT molecular complexity index is 391. The van der Waals surface area contributed by atoms with Gasteiger partial charge in [0.15, 0.2) is 0 Å². The second-order valence-electron chi connectivity index (χ2n) is 3.69. The van der Waals surface area contributed by atoms with Gasteiger partial charge in [0.2, 0.25) is 0 Å². The van der Waals surface area contributed by atoms with Crippen molar-refractivity contribution in [2.75, 3.05) is 0 Å². The van der Waals surface area contributed by atoms with Crippen molar-refractivity contribution in [1.29, 1.82) is 0 Å². The monoisotopic (exact) mass is 226 g/mol. The van der Waals surface area contributed by atoms with Crippen molar-refractivity contribution in [1.82, 2.24) is 5.32 Å². The lowest BCUT2D eigenvalue weighted by atomic mass is 10.2. The maximum absolute atomic E-state index is 10.6. The third kappa shape index (κ3) is 2.67. The van der Waals surface area contributed by atoms with E-state index < -0.39 is 4.92 Å². The molecule has 1 N–H and O–H groups in total. The number of nitro benzene ring substituents is 1. The zero-order valence-electron chi connectivity index (χ0n) is 8.07. The summed E-state index contributed by atoms with van der Waals surface area (Å²) in [5.41, 5.74) is 0.879. The molecule has 2 rings (SSSR count). The number of halogens is 1. The van der Waals surface area contributed by atoms with E-state index >= 15 is 0 Å². The van der Waals surface area contributed by atoms with Crippen LogP contribution in [0.3, 0.4) is 0 Å². The second-order valence-corrected chi connectivity index (χ2v) is 4.10. The fourth-order valence-electron chi connectivity index (χ4n) is 1.35. The zero-order valence-corrected chi connectivity index (χ0v) is 8.83. The molecule has 0 bridgehead atoms. The van der Waals surface area contributed by atoms with Crippen molar-refractivity contribution >= 4 is 17.3 Å². The van der Waals surface area contributed by atoms with Crippen molar-refractivity contribution in [2.24, 2.45) is 0 Å². The van der Waals surface area contributed by atoms with Gasteiger partial charge in [-0.2, -0.15) is 0 Å². The van der Waals surface area contributed by atoms with E-state index in [0.717, 1.165) is 5.56 Å². The van der Waals surface area contributed by atoms with Crippen LogP contribution in [0.5, 0.6) is 0 Å². The molecule has 5 heteroatoms. The molecule has 1 saturated carbocycles. The van der Waals surface area contributed by atoms with Gasteiger partial charge >= 0.3 is 0 Å². The van der Waals surface area contributed by atoms with Crippen molar-refractivity contribution in [2.45, 2.75) is 25.4 Å². The minimum atomic E-state index is -0.406. The molecule has 0 aliphatic heterocycles. The first-order chi connectivity index (χ1) is 7.16. The van der Waals surface area contributed by atoms with Crippen LogP contribution in [0.1, 0.15) is 18.4 Å². The smallest absolute Gasteiger partial charge is 0.269 e. The molecule has 0 heterocycles. The lowest BCUT2D eigenvalue weighted by molar-refractivity contribution is -0.384. The molecular formula is C10H11ClN2O2. The first-order valence-corrected chi connectivity index (χ1v) is 5.21. The molecule has 1 aromatic rings. The van der Waals surface area contributed by atoms with Crippen LogP contribution in [-0.2, 0) is 6.54 Å². The summed E-state index contributed by atoms with van der Waals surface area (Å²) >= 11 is 5.94. The van der Waals surface area contributed by atoms with Crippen molar-refractivity contribution in [3.05, 3.63) is 38.9 Å². The molecule has 15 heavy (non-hydrogen) atoms. The Labute approximate surface area is 92.4 Å². The molecule has 1 aromatic carbocycles. The maximum Gasteiger partial charge on any atom is 0.269 e. The number of nitrogens with zero attached hydrogens (tertiary/aromatic N) is 1. The first-order valence-electron chi connectivity index (χ1n) is 4.83. The van der Waals surface area contributed by atoms with E-state index in [9.17, 15) is 10.1 Å². The minimum absolute atomic E-state index is 0.0898. The summed E-state index contributed by atoms with van der Waals surface area (Å²) in [6.45, 7) is 0.602. The zero-order chi connectivity index (χ0) is 10.8. The fraction of sp³-hybridized carbons (Fsp3) is 0.400. The minimum Gasteiger partial charge on any atom is -0.310 e. The summed E-state index contributed by atoms with van der Waals surface area (Å²) in [5, 5.41) is 14.4. The van der Waals surface area contributed by atoms with Gasteiger partial charge in [-0.1, -0.05) is 11.6 Å². The summed E-state index contributed by atoms with van der Waals surface area (Å²) in [6.07, 6.45) is 2.37. The Balaban J connectivity index is 2.12. The van der Waals surface area contributed by atoms with E-state index in [1.54, 1.807) is 6.07 Å². The van der Waals surface area contributed by atoms with E-state index in [4.69, 9.17) is 11.6 Å². The predicted molar refractivity (Wildman–Crippen MR) is 58.0 cm³/mol. The third-order valence-electron chi connectivity index (χ3n) is 2.40. The molecule has 1 fully saturated rings. The van der Waals surface area contributed by atoms with Crippen LogP contribution in [0.15, 0.2) is 18.2 Å². The van der Waals surface area contributed by atoms with Gasteiger partial charge in [0, 0.05) is 29.7 Å². The number of hydrogen-bond donors (Lipinski definition) is 1. The Morgan fingerprint density at radius 1 is 1.53 bits per heavy atom. The molecule has 0 aromatic heterocycles. The van der Waals surface area contributed by atoms with Gasteiger partial charge in [-0.15, -0.1) is 0 Å². The molecule has 80 valence electrons. The highest BCUT2D eigenvalue weighted by Crippen LogP contribution is 2.24. The highest BCUT2D eigenvalue weighted by Gasteiger charge is 2.20. The molecule has 0 spiro atoms. The van der Waals surface area contributed by atoms with Gasteiger partial charge in [0.05, 0.1) is 4.92 Å². The number of nitro groups is 1. The van der Waals surface area contributed by atoms with Crippen LogP contribution < -0.4 is 5.32 Å². The quantitative estimate of drug-likeness (QED) is 0.634. The topological polar surface area (TPSA) is 55.2 Å². The fourth-order valence-corrected chi connectivity index (χ4v) is 1.54. The van der Waals surface area contributed by atoms with E-state index in [1.165, 1.54) is 25.0 Å². The van der Waals surface area contributed by atoms with E-state index in [-0.39, 0.29) is 5.69 Å². The van der Waals surface area contributed by atoms with Crippen LogP contribution in [0, 0.1) is 10.1 Å². The summed E-state index contributed by atoms with van der Waals surface area (Å²) in [5.74, 6) is 0. The molecule has 0 amide bonds. The molecule has 0 atom stereocenters. The molecular weight excluding hydrogens is 216 g/mol. The largest absolute Gasteiger partial charge is 0.310 e. The highest BCUT2D eigenvalue weighted by atomic mass is 35.5. The first kappa shape index (κ1) is 10.4. The number of benzene rings is 1. The average molecular weight is 227 g/mol. The van der Waals surface area contributed by atoms with Gasteiger partial charge < -0.3 is 5.32 Å². The Morgan fingerprint density at radius 2 is 2.27 bits per heavy atom. The van der Waals surface area contributed by atoms with Crippen LogP contribution in [0.2, 0.25) is 5.02 Å². The summed E-state index contributed by atoms with van der Waals surface area (Å²) < 4.78 is 0. The lowest BCUT2D eigenvalue weighted by Gasteiger charge is -2.04. The van der Waals surface area contributed by atoms with E-state index in [2.05, 4.69) is 5.32 Å². The number of hydrogen-bond acceptors (Lipinski definition) is 3. The number of nitrogens with one attached hydrogen (secondary N) is 1. The molecule has 1 aliphatic carbocycles. The standard InChI is InChI=1S/C10H11ClN2O2/c11-10-4-3-9(13(14)15)5-7(10)6-12-8-1-2-8/h3-5,8,12H,1-2,6H2. The number of rotatable bonds is 4. The van der Waals surface area contributed by atoms with Gasteiger partial charge in [-0.25, -0.2) is 0 Å². The SMILES string of the molecule is O=[N+]([O-])c1ccc(Cl)c(CNC2CC2)c1. The molecule has 4 nitrogen and oxygen atoms in total.